The molecule has 0 amide bonds. The van der Waals surface area contributed by atoms with Crippen molar-refractivity contribution in [3.63, 3.8) is 0 Å². The number of aliphatic imine (C=N–C) groups is 6. The van der Waals surface area contributed by atoms with E-state index in [1.165, 1.54) is 72.8 Å². The van der Waals surface area contributed by atoms with Crippen LogP contribution in [0, 0.1) is 34.9 Å². The van der Waals surface area contributed by atoms with Gasteiger partial charge in [0.05, 0.1) is 36.3 Å². The van der Waals surface area contributed by atoms with Crippen LogP contribution in [-0.4, -0.2) is 73.5 Å². The minimum Gasteiger partial charge on any atom is -0.488 e. The highest BCUT2D eigenvalue weighted by Gasteiger charge is 2.28. The van der Waals surface area contributed by atoms with Crippen LogP contribution in [0.1, 0.15) is 144 Å². The summed E-state index contributed by atoms with van der Waals surface area (Å²) in [6.45, 7) is 0.575. The Morgan fingerprint density at radius 3 is 0.490 bits per heavy atom. The van der Waals surface area contributed by atoms with E-state index in [0.29, 0.717) is 67.9 Å². The average Bonchev–Trinajstić information content (AvgIpc) is 0.823. The first-order valence-electron chi connectivity index (χ1n) is 34.9. The Morgan fingerprint density at radius 2 is 0.353 bits per heavy atom. The van der Waals surface area contributed by atoms with Crippen molar-refractivity contribution in [1.82, 2.24) is 0 Å². The minimum atomic E-state index is -0.373. The molecule has 6 atom stereocenters. The van der Waals surface area contributed by atoms with Gasteiger partial charge in [0.25, 0.3) is 0 Å². The predicted molar refractivity (Wildman–Crippen MR) is 387 cm³/mol. The third-order valence-corrected chi connectivity index (χ3v) is 18.8. The molecule has 3 aliphatic carbocycles. The zero-order valence-electron chi connectivity index (χ0n) is 56.4. The fraction of sp³-hybridized carbons (Fsp3) is 0.286. The van der Waals surface area contributed by atoms with Gasteiger partial charge in [0.1, 0.15) is 109 Å². The largest absolute Gasteiger partial charge is 0.488 e. The normalized spacial score (nSPS) is 19.0. The molecule has 0 N–H and O–H groups in total. The number of nitrogens with zero attached hydrogens (tertiary/aromatic N) is 6. The first-order valence-corrected chi connectivity index (χ1v) is 34.9. The smallest absolute Gasteiger partial charge is 0.129 e. The summed E-state index contributed by atoms with van der Waals surface area (Å²) in [5.74, 6) is 0.542. The van der Waals surface area contributed by atoms with E-state index in [1.54, 1.807) is 110 Å². The maximum absolute atomic E-state index is 14.3. The molecule has 12 nitrogen and oxygen atoms in total. The quantitative estimate of drug-likeness (QED) is 0.0787. The molecule has 18 heteroatoms. The van der Waals surface area contributed by atoms with Gasteiger partial charge in [0.15, 0.2) is 0 Å². The Bertz CT molecular complexity index is 3740. The van der Waals surface area contributed by atoms with Crippen molar-refractivity contribution in [2.75, 3.05) is 0 Å². The lowest BCUT2D eigenvalue weighted by molar-refractivity contribution is 0.296. The molecule has 0 spiro atoms. The molecular weight excluding hydrogens is 1300 g/mol. The summed E-state index contributed by atoms with van der Waals surface area (Å²) >= 11 is 0. The lowest BCUT2D eigenvalue weighted by Crippen LogP contribution is -2.27. The van der Waals surface area contributed by atoms with Crippen LogP contribution < -0.4 is 28.4 Å². The van der Waals surface area contributed by atoms with E-state index in [4.69, 9.17) is 58.4 Å². The monoisotopic (exact) mass is 1380 g/mol. The van der Waals surface area contributed by atoms with Gasteiger partial charge in [-0.05, 0) is 181 Å². The number of halogens is 6. The summed E-state index contributed by atoms with van der Waals surface area (Å²) in [5.41, 5.74) is 8.02. The van der Waals surface area contributed by atoms with E-state index in [9.17, 15) is 26.3 Å². The van der Waals surface area contributed by atoms with Gasteiger partial charge in [-0.2, -0.15) is 0 Å². The van der Waals surface area contributed by atoms with E-state index < -0.39 is 0 Å². The van der Waals surface area contributed by atoms with E-state index in [1.807, 2.05) is 36.4 Å². The molecule has 6 bridgehead atoms. The van der Waals surface area contributed by atoms with Gasteiger partial charge >= 0.3 is 0 Å². The first-order chi connectivity index (χ1) is 49.9. The van der Waals surface area contributed by atoms with Crippen molar-refractivity contribution >= 4 is 37.3 Å². The zero-order valence-corrected chi connectivity index (χ0v) is 56.4. The van der Waals surface area contributed by atoms with Gasteiger partial charge in [-0.3, -0.25) is 30.0 Å². The second-order valence-electron chi connectivity index (χ2n) is 26.2. The Balaban J connectivity index is 0.958. The molecular formula is C84H78F6N6O6. The highest BCUT2D eigenvalue weighted by molar-refractivity contribution is 5.93. The van der Waals surface area contributed by atoms with Gasteiger partial charge in [-0.1, -0.05) is 111 Å². The molecule has 9 aromatic rings. The highest BCUT2D eigenvalue weighted by Crippen LogP contribution is 2.36. The number of rotatable bonds is 18. The first kappa shape index (κ1) is 69.8. The summed E-state index contributed by atoms with van der Waals surface area (Å²) < 4.78 is 126. The standard InChI is InChI=1S/C84H78F6N6O6/c85-67-25-13-55(14-26-67)49-97-79-39-63-45-93-75-9-3-4-10-76(75)95-47-65-41-84(102-54-60-23-35-72(90)36-24-60)66(42-83(65)101-53-59-21-33-71(89)34-22-59)48-96-78-12-6-5-11-77(78)94-46-64-40-81(99-51-57-17-29-69(87)30-18-57)62(38-82(64)100-52-58-19-31-70(88)32-20-58)44-92-74-8-2-1-7-73(74)91-43-61(79)37-80(63)98-50-56-15-27-68(86)28-16-56/h13-48,73-78H,1-12,49-54H2/t73-,74-,75-,76-,77-,78-/m1/s1. The number of hydrogen-bond acceptors (Lipinski definition) is 12. The summed E-state index contributed by atoms with van der Waals surface area (Å²) in [5, 5.41) is 0. The van der Waals surface area contributed by atoms with Crippen LogP contribution in [-0.2, 0) is 39.6 Å². The van der Waals surface area contributed by atoms with Crippen LogP contribution in [0.4, 0.5) is 26.3 Å². The van der Waals surface area contributed by atoms with Crippen molar-refractivity contribution in [2.45, 2.75) is 153 Å². The Morgan fingerprint density at radius 1 is 0.216 bits per heavy atom. The summed E-state index contributed by atoms with van der Waals surface area (Å²) in [6.07, 6.45) is 20.7. The van der Waals surface area contributed by atoms with Crippen LogP contribution >= 0.6 is 0 Å². The van der Waals surface area contributed by atoms with Crippen molar-refractivity contribution in [3.05, 3.63) is 284 Å². The number of hydrogen-bond donors (Lipinski definition) is 0. The van der Waals surface area contributed by atoms with Crippen LogP contribution in [0.3, 0.4) is 0 Å². The SMILES string of the molecule is Fc1ccc(COc2cc3c(OCc4ccc(F)cc4)cc2C=N[C@@H]2CCCC[C@H]2N=Cc2cc(OCc4ccc(F)cc4)c(cc2OCc2ccc(F)cc2)C=N[C@@H]2CCCC[C@H]2N=Cc2cc(OCc4ccc(F)cc4)c(cc2OCc2ccc(F)cc2)C=N[C@@H]2CCCC[C@H]2N=C3)cc1. The third-order valence-electron chi connectivity index (χ3n) is 18.8. The van der Waals surface area contributed by atoms with Crippen molar-refractivity contribution in [3.8, 4) is 34.5 Å². The predicted octanol–water partition coefficient (Wildman–Crippen LogP) is 18.9. The fourth-order valence-electron chi connectivity index (χ4n) is 13.0. The van der Waals surface area contributed by atoms with Gasteiger partial charge < -0.3 is 28.4 Å². The second-order valence-corrected chi connectivity index (χ2v) is 26.2. The van der Waals surface area contributed by atoms with Crippen molar-refractivity contribution in [2.24, 2.45) is 30.0 Å². The Hall–Kier alpha value is -10.6. The topological polar surface area (TPSA) is 130 Å². The fourth-order valence-corrected chi connectivity index (χ4v) is 13.0. The van der Waals surface area contributed by atoms with Crippen molar-refractivity contribution in [1.29, 1.82) is 0 Å². The van der Waals surface area contributed by atoms with Crippen LogP contribution in [0.5, 0.6) is 34.5 Å². The third kappa shape index (κ3) is 19.3. The molecule has 9 aromatic carbocycles. The molecule has 0 aromatic heterocycles. The van der Waals surface area contributed by atoms with Gasteiger partial charge in [-0.25, -0.2) is 26.3 Å². The van der Waals surface area contributed by atoms with Crippen molar-refractivity contribution < 1.29 is 54.8 Å². The number of ether oxygens (including phenoxy) is 6. The van der Waals surface area contributed by atoms with E-state index in [0.717, 1.165) is 110 Å². The summed E-state index contributed by atoms with van der Waals surface area (Å²) in [6, 6.07) is 46.4. The van der Waals surface area contributed by atoms with E-state index in [2.05, 4.69) is 0 Å². The minimum absolute atomic E-state index is 0.0958. The van der Waals surface area contributed by atoms with Crippen LogP contribution in [0.15, 0.2) is 212 Å². The zero-order chi connectivity index (χ0) is 70.0. The molecule has 0 unspecified atom stereocenters. The lowest BCUT2D eigenvalue weighted by atomic mass is 9.91. The maximum Gasteiger partial charge on any atom is 0.129 e. The molecule has 0 saturated heterocycles. The van der Waals surface area contributed by atoms with Gasteiger partial charge in [-0.15, -0.1) is 0 Å². The Kier molecular flexibility index (Phi) is 23.4. The molecule has 3 saturated carbocycles. The molecule has 6 heterocycles. The van der Waals surface area contributed by atoms with Gasteiger partial charge in [0, 0.05) is 70.7 Å². The second kappa shape index (κ2) is 34.2. The molecule has 102 heavy (non-hydrogen) atoms. The van der Waals surface area contributed by atoms with Gasteiger partial charge in [0.2, 0.25) is 0 Å². The number of benzene rings is 9. The molecule has 0 radical (unpaired) electrons. The van der Waals surface area contributed by atoms with Crippen LogP contribution in [0.2, 0.25) is 0 Å². The molecule has 522 valence electrons. The van der Waals surface area contributed by atoms with Crippen LogP contribution in [0.25, 0.3) is 0 Å². The summed E-state index contributed by atoms with van der Waals surface area (Å²) in [7, 11) is 0. The molecule has 18 rings (SSSR count). The highest BCUT2D eigenvalue weighted by atomic mass is 19.1. The summed E-state index contributed by atoms with van der Waals surface area (Å²) in [4.78, 5) is 31.9. The van der Waals surface area contributed by atoms with E-state index >= 15 is 0 Å². The molecule has 9 aliphatic rings. The maximum atomic E-state index is 14.3. The lowest BCUT2D eigenvalue weighted by Gasteiger charge is -2.26. The van der Waals surface area contributed by atoms with E-state index in [-0.39, 0.29) is 111 Å². The molecule has 3 fully saturated rings. The molecule has 6 aliphatic heterocycles. The average molecular weight is 1380 g/mol. The Labute approximate surface area is 590 Å².